The highest BCUT2D eigenvalue weighted by molar-refractivity contribution is 7.17. The summed E-state index contributed by atoms with van der Waals surface area (Å²) in [6, 6.07) is 11.0. The van der Waals surface area contributed by atoms with Crippen LogP contribution >= 0.6 is 11.3 Å². The van der Waals surface area contributed by atoms with Crippen molar-refractivity contribution in [3.8, 4) is 5.75 Å². The molecule has 0 radical (unpaired) electrons. The summed E-state index contributed by atoms with van der Waals surface area (Å²) in [6.07, 6.45) is 6.33. The molecule has 0 bridgehead atoms. The monoisotopic (exact) mass is 490 g/mol. The van der Waals surface area contributed by atoms with Crippen molar-refractivity contribution in [3.05, 3.63) is 63.5 Å². The summed E-state index contributed by atoms with van der Waals surface area (Å²) < 4.78 is 6.68. The van der Waals surface area contributed by atoms with Crippen LogP contribution in [0, 0.1) is 19.8 Å². The molecule has 3 heterocycles. The van der Waals surface area contributed by atoms with Crippen molar-refractivity contribution in [2.75, 3.05) is 39.8 Å². The third kappa shape index (κ3) is 5.57. The molecule has 0 N–H and O–H groups in total. The van der Waals surface area contributed by atoms with Crippen LogP contribution in [0.15, 0.2) is 35.7 Å². The quantitative estimate of drug-likeness (QED) is 0.420. The number of likely N-dealkylation sites (tertiary alicyclic amines) is 1. The van der Waals surface area contributed by atoms with E-state index in [4.69, 9.17) is 4.74 Å². The van der Waals surface area contributed by atoms with Crippen molar-refractivity contribution in [2.45, 2.75) is 52.4 Å². The van der Waals surface area contributed by atoms with Gasteiger partial charge in [-0.2, -0.15) is 0 Å². The van der Waals surface area contributed by atoms with E-state index in [9.17, 15) is 4.79 Å². The molecule has 1 fully saturated rings. The van der Waals surface area contributed by atoms with Gasteiger partial charge in [0.25, 0.3) is 0 Å². The molecular formula is C30H38N2O2S. The van der Waals surface area contributed by atoms with Crippen LogP contribution < -0.4 is 4.74 Å². The fourth-order valence-corrected chi connectivity index (χ4v) is 6.90. The number of thiophene rings is 1. The number of methoxy groups -OCH3 is 1. The maximum atomic E-state index is 13.1. The molecular weight excluding hydrogens is 452 g/mol. The topological polar surface area (TPSA) is 32.8 Å². The molecule has 1 unspecified atom stereocenters. The molecule has 35 heavy (non-hydrogen) atoms. The number of piperidine rings is 1. The first-order chi connectivity index (χ1) is 17.0. The molecule has 0 saturated carbocycles. The van der Waals surface area contributed by atoms with Crippen LogP contribution in [-0.2, 0) is 24.1 Å². The van der Waals surface area contributed by atoms with Gasteiger partial charge in [-0.05, 0) is 122 Å². The highest BCUT2D eigenvalue weighted by Crippen LogP contribution is 2.30. The van der Waals surface area contributed by atoms with E-state index in [0.717, 1.165) is 44.8 Å². The Morgan fingerprint density at radius 2 is 1.91 bits per heavy atom. The first-order valence-electron chi connectivity index (χ1n) is 13.1. The summed E-state index contributed by atoms with van der Waals surface area (Å²) in [4.78, 5) is 17.9. The van der Waals surface area contributed by atoms with Gasteiger partial charge in [0.1, 0.15) is 5.75 Å². The van der Waals surface area contributed by atoms with Gasteiger partial charge in [-0.25, -0.2) is 0 Å². The summed E-state index contributed by atoms with van der Waals surface area (Å²) in [5.41, 5.74) is 6.70. The Balaban J connectivity index is 1.13. The highest BCUT2D eigenvalue weighted by atomic mass is 32.1. The molecule has 0 spiro atoms. The highest BCUT2D eigenvalue weighted by Gasteiger charge is 2.26. The number of carbonyl (C=O) groups excluding carboxylic acids is 1. The lowest BCUT2D eigenvalue weighted by molar-refractivity contribution is -0.131. The number of fused-ring (bicyclic) bond motifs is 2. The molecule has 2 aliphatic rings. The number of carbonyl (C=O) groups is 1. The third-order valence-electron chi connectivity index (χ3n) is 8.03. The molecule has 0 aliphatic carbocycles. The van der Waals surface area contributed by atoms with Crippen molar-refractivity contribution >= 4 is 27.3 Å². The molecule has 1 amide bonds. The standard InChI is InChI=1S/C30H38N2O2S/c1-21-14-24-10-13-32(30(33)16-26(24)15-22(21)2)19-23-6-4-11-31(18-23)12-5-7-25-20-35-29-17-27(34-3)8-9-28(25)29/h8-9,14-15,17,20,23H,4-7,10-13,16,18-19H2,1-3H3. The second kappa shape index (κ2) is 10.7. The SMILES string of the molecule is COc1ccc2c(CCCN3CCCC(CN4CCc5cc(C)c(C)cc5CC4=O)C3)csc2c1. The Labute approximate surface area is 213 Å². The molecule has 3 aromatic rings. The van der Waals surface area contributed by atoms with Gasteiger partial charge in [-0.1, -0.05) is 12.1 Å². The van der Waals surface area contributed by atoms with Gasteiger partial charge < -0.3 is 14.5 Å². The van der Waals surface area contributed by atoms with E-state index >= 15 is 0 Å². The van der Waals surface area contributed by atoms with Crippen LogP contribution in [-0.4, -0.2) is 55.5 Å². The van der Waals surface area contributed by atoms with Gasteiger partial charge in [-0.3, -0.25) is 4.79 Å². The average Bonchev–Trinajstić information content (AvgIpc) is 3.20. The van der Waals surface area contributed by atoms with Crippen molar-refractivity contribution in [3.63, 3.8) is 0 Å². The summed E-state index contributed by atoms with van der Waals surface area (Å²) in [5.74, 6) is 1.83. The van der Waals surface area contributed by atoms with Crippen molar-refractivity contribution in [2.24, 2.45) is 5.92 Å². The Hall–Kier alpha value is -2.37. The predicted molar refractivity (Wildman–Crippen MR) is 146 cm³/mol. The van der Waals surface area contributed by atoms with Crippen molar-refractivity contribution < 1.29 is 9.53 Å². The number of benzene rings is 2. The summed E-state index contributed by atoms with van der Waals surface area (Å²) in [7, 11) is 1.73. The normalized spacial score (nSPS) is 19.1. The molecule has 2 aromatic carbocycles. The molecule has 5 heteroatoms. The molecule has 4 nitrogen and oxygen atoms in total. The van der Waals surface area contributed by atoms with Gasteiger partial charge in [0.2, 0.25) is 5.91 Å². The second-order valence-corrected chi connectivity index (χ2v) is 11.4. The lowest BCUT2D eigenvalue weighted by Gasteiger charge is -2.35. The molecule has 1 saturated heterocycles. The molecule has 1 aromatic heterocycles. The minimum absolute atomic E-state index is 0.310. The van der Waals surface area contributed by atoms with Crippen LogP contribution in [0.5, 0.6) is 5.75 Å². The second-order valence-electron chi connectivity index (χ2n) is 10.5. The summed E-state index contributed by atoms with van der Waals surface area (Å²) in [5, 5.41) is 3.69. The fourth-order valence-electron chi connectivity index (χ4n) is 5.87. The zero-order valence-corrected chi connectivity index (χ0v) is 22.3. The van der Waals surface area contributed by atoms with Gasteiger partial charge in [-0.15, -0.1) is 11.3 Å². The Morgan fingerprint density at radius 3 is 2.74 bits per heavy atom. The molecule has 186 valence electrons. The maximum absolute atomic E-state index is 13.1. The van der Waals surface area contributed by atoms with Crippen molar-refractivity contribution in [1.82, 2.24) is 9.80 Å². The third-order valence-corrected chi connectivity index (χ3v) is 9.02. The summed E-state index contributed by atoms with van der Waals surface area (Å²) >= 11 is 1.82. The lowest BCUT2D eigenvalue weighted by Crippen LogP contribution is -2.43. The van der Waals surface area contributed by atoms with Gasteiger partial charge in [0.05, 0.1) is 13.5 Å². The van der Waals surface area contributed by atoms with Crippen LogP contribution in [0.25, 0.3) is 10.1 Å². The number of rotatable bonds is 7. The zero-order chi connectivity index (χ0) is 24.4. The van der Waals surface area contributed by atoms with Crippen molar-refractivity contribution in [1.29, 1.82) is 0 Å². The van der Waals surface area contributed by atoms with E-state index in [1.54, 1.807) is 7.11 Å². The minimum Gasteiger partial charge on any atom is -0.497 e. The smallest absolute Gasteiger partial charge is 0.227 e. The minimum atomic E-state index is 0.310. The molecule has 1 atom stereocenters. The molecule has 5 rings (SSSR count). The number of hydrogen-bond donors (Lipinski definition) is 0. The number of aryl methyl sites for hydroxylation is 3. The van der Waals surface area contributed by atoms with Gasteiger partial charge in [0, 0.05) is 24.3 Å². The number of ether oxygens (including phenoxy) is 1. The maximum Gasteiger partial charge on any atom is 0.227 e. The summed E-state index contributed by atoms with van der Waals surface area (Å²) in [6.45, 7) is 9.56. The fraction of sp³-hybridized carbons (Fsp3) is 0.500. The average molecular weight is 491 g/mol. The van der Waals surface area contributed by atoms with Gasteiger partial charge >= 0.3 is 0 Å². The Kier molecular flexibility index (Phi) is 7.45. The van der Waals surface area contributed by atoms with E-state index in [-0.39, 0.29) is 0 Å². The van der Waals surface area contributed by atoms with E-state index in [1.165, 1.54) is 63.7 Å². The van der Waals surface area contributed by atoms with Crippen LogP contribution in [0.4, 0.5) is 0 Å². The lowest BCUT2D eigenvalue weighted by atomic mass is 9.96. The van der Waals surface area contributed by atoms with Crippen LogP contribution in [0.3, 0.4) is 0 Å². The Bertz CT molecular complexity index is 1200. The number of hydrogen-bond acceptors (Lipinski definition) is 4. The molecule has 2 aliphatic heterocycles. The Morgan fingerprint density at radius 1 is 1.09 bits per heavy atom. The van der Waals surface area contributed by atoms with Crippen LogP contribution in [0.1, 0.15) is 47.1 Å². The predicted octanol–water partition coefficient (Wildman–Crippen LogP) is 5.80. The van der Waals surface area contributed by atoms with Gasteiger partial charge in [0.15, 0.2) is 0 Å². The first kappa shape index (κ1) is 24.3. The number of amides is 1. The first-order valence-corrected chi connectivity index (χ1v) is 14.0. The number of nitrogens with zero attached hydrogens (tertiary/aromatic N) is 2. The van der Waals surface area contributed by atoms with Crippen LogP contribution in [0.2, 0.25) is 0 Å². The van der Waals surface area contributed by atoms with E-state index in [2.05, 4.69) is 59.4 Å². The zero-order valence-electron chi connectivity index (χ0n) is 21.4. The van der Waals surface area contributed by atoms with E-state index in [1.807, 2.05) is 11.3 Å². The van der Waals surface area contributed by atoms with E-state index < -0.39 is 0 Å². The largest absolute Gasteiger partial charge is 0.497 e. The van der Waals surface area contributed by atoms with E-state index in [0.29, 0.717) is 18.2 Å².